The van der Waals surface area contributed by atoms with Crippen molar-refractivity contribution in [1.29, 1.82) is 0 Å². The van der Waals surface area contributed by atoms with Crippen LogP contribution in [0.1, 0.15) is 0 Å². The SMILES string of the molecule is O=S(=O)(O)CCO.[O-2].[O-2].[Ti+4]. The monoisotopic (exact) mass is 206 g/mol. The van der Waals surface area contributed by atoms with Gasteiger partial charge in [0, 0.05) is 0 Å². The van der Waals surface area contributed by atoms with E-state index in [1.54, 1.807) is 0 Å². The molecule has 0 unspecified atom stereocenters. The van der Waals surface area contributed by atoms with Crippen LogP contribution in [0, 0.1) is 0 Å². The first-order valence-electron chi connectivity index (χ1n) is 1.62. The zero-order chi connectivity index (χ0) is 5.91. The smallest absolute Gasteiger partial charge is 2.00 e. The molecule has 0 heterocycles. The van der Waals surface area contributed by atoms with E-state index in [9.17, 15) is 8.42 Å². The van der Waals surface area contributed by atoms with Crippen LogP contribution in [0.3, 0.4) is 0 Å². The van der Waals surface area contributed by atoms with Crippen LogP contribution in [-0.2, 0) is 42.8 Å². The van der Waals surface area contributed by atoms with Gasteiger partial charge in [0.25, 0.3) is 10.1 Å². The van der Waals surface area contributed by atoms with Crippen LogP contribution in [0.5, 0.6) is 0 Å². The molecule has 0 radical (unpaired) electrons. The first-order valence-corrected chi connectivity index (χ1v) is 3.23. The third-order valence-electron chi connectivity index (χ3n) is 0.349. The predicted molar refractivity (Wildman–Crippen MR) is 24.9 cm³/mol. The fourth-order valence-corrected chi connectivity index (χ4v) is 0.346. The van der Waals surface area contributed by atoms with Crippen molar-refractivity contribution in [2.24, 2.45) is 0 Å². The molecule has 0 amide bonds. The molecule has 0 atom stereocenters. The summed E-state index contributed by atoms with van der Waals surface area (Å²) in [6.45, 7) is -0.529. The van der Waals surface area contributed by atoms with Crippen LogP contribution in [-0.4, -0.2) is 30.4 Å². The van der Waals surface area contributed by atoms with Crippen molar-refractivity contribution in [1.82, 2.24) is 0 Å². The minimum Gasteiger partial charge on any atom is -2.00 e. The van der Waals surface area contributed by atoms with Gasteiger partial charge in [-0.1, -0.05) is 0 Å². The van der Waals surface area contributed by atoms with Gasteiger partial charge in [-0.05, 0) is 0 Å². The molecule has 0 bridgehead atoms. The Morgan fingerprint density at radius 1 is 1.20 bits per heavy atom. The second-order valence-electron chi connectivity index (χ2n) is 1.01. The Morgan fingerprint density at radius 3 is 1.50 bits per heavy atom. The molecule has 60 valence electrons. The van der Waals surface area contributed by atoms with Crippen LogP contribution >= 0.6 is 0 Å². The third-order valence-corrected chi connectivity index (χ3v) is 1.05. The van der Waals surface area contributed by atoms with Gasteiger partial charge in [-0.3, -0.25) is 4.55 Å². The van der Waals surface area contributed by atoms with Crippen molar-refractivity contribution in [3.63, 3.8) is 0 Å². The van der Waals surface area contributed by atoms with Gasteiger partial charge < -0.3 is 16.1 Å². The summed E-state index contributed by atoms with van der Waals surface area (Å²) in [5.41, 5.74) is 0. The molecule has 8 heteroatoms. The standard InChI is InChI=1S/C2H6O4S.2O.Ti/c3-1-2-7(4,5)6;;;/h3H,1-2H2,(H,4,5,6);;;/q;2*-2;+4. The molecule has 0 aromatic heterocycles. The van der Waals surface area contributed by atoms with E-state index in [1.165, 1.54) is 0 Å². The average molecular weight is 206 g/mol. The van der Waals surface area contributed by atoms with Gasteiger partial charge >= 0.3 is 21.7 Å². The molecule has 0 spiro atoms. The number of rotatable bonds is 2. The van der Waals surface area contributed by atoms with Gasteiger partial charge in [0.05, 0.1) is 12.4 Å². The van der Waals surface area contributed by atoms with E-state index in [4.69, 9.17) is 9.66 Å². The maximum atomic E-state index is 9.63. The Morgan fingerprint density at radius 2 is 1.50 bits per heavy atom. The number of aliphatic hydroxyl groups excluding tert-OH is 1. The molecule has 0 rings (SSSR count). The normalized spacial score (nSPS) is 8.20. The fourth-order valence-electron chi connectivity index (χ4n) is 0.115. The minimum absolute atomic E-state index is 0. The topological polar surface area (TPSA) is 132 Å². The molecule has 0 aliphatic rings. The van der Waals surface area contributed by atoms with E-state index < -0.39 is 22.5 Å². The first-order chi connectivity index (χ1) is 3.06. The maximum absolute atomic E-state index is 9.63. The number of aliphatic hydroxyl groups is 1. The van der Waals surface area contributed by atoms with Crippen molar-refractivity contribution in [3.05, 3.63) is 0 Å². The van der Waals surface area contributed by atoms with Crippen LogP contribution in [0.4, 0.5) is 0 Å². The zero-order valence-corrected chi connectivity index (χ0v) is 7.23. The van der Waals surface area contributed by atoms with Gasteiger partial charge in [-0.15, -0.1) is 0 Å². The molecule has 6 nitrogen and oxygen atoms in total. The number of hydrogen-bond donors (Lipinski definition) is 2. The van der Waals surface area contributed by atoms with Crippen molar-refractivity contribution < 1.29 is 50.7 Å². The summed E-state index contributed by atoms with van der Waals surface area (Å²) in [7, 11) is -3.92. The molecule has 2 N–H and O–H groups in total. The van der Waals surface area contributed by atoms with E-state index in [-0.39, 0.29) is 32.7 Å². The largest absolute Gasteiger partial charge is 4.00 e. The first kappa shape index (κ1) is 22.4. The van der Waals surface area contributed by atoms with E-state index in [1.807, 2.05) is 0 Å². The summed E-state index contributed by atoms with van der Waals surface area (Å²) in [6.07, 6.45) is 0. The molecule has 0 aliphatic carbocycles. The molecule has 0 aromatic carbocycles. The molecule has 0 aromatic rings. The summed E-state index contributed by atoms with van der Waals surface area (Å²) in [6, 6.07) is 0. The fraction of sp³-hybridized carbons (Fsp3) is 1.00. The zero-order valence-electron chi connectivity index (χ0n) is 4.85. The Hall–Kier alpha value is 0.504. The van der Waals surface area contributed by atoms with E-state index >= 15 is 0 Å². The molecular formula is C2H6O6STi. The van der Waals surface area contributed by atoms with Crippen LogP contribution in [0.25, 0.3) is 0 Å². The van der Waals surface area contributed by atoms with Crippen LogP contribution < -0.4 is 0 Å². The molecule has 10 heavy (non-hydrogen) atoms. The molecule has 0 saturated carbocycles. The molecule has 0 saturated heterocycles. The van der Waals surface area contributed by atoms with Crippen molar-refractivity contribution >= 4 is 10.1 Å². The Balaban J connectivity index is -0.0000000600. The predicted octanol–water partition coefficient (Wildman–Crippen LogP) is -1.37. The molecule has 0 aliphatic heterocycles. The number of hydrogen-bond acceptors (Lipinski definition) is 3. The summed E-state index contributed by atoms with van der Waals surface area (Å²) in [4.78, 5) is 0. The Kier molecular flexibility index (Phi) is 21.3. The van der Waals surface area contributed by atoms with Gasteiger partial charge in [0.15, 0.2) is 0 Å². The second-order valence-corrected chi connectivity index (χ2v) is 2.58. The summed E-state index contributed by atoms with van der Waals surface area (Å²) in [5.74, 6) is -0.576. The summed E-state index contributed by atoms with van der Waals surface area (Å²) in [5, 5.41) is 7.86. The van der Waals surface area contributed by atoms with Gasteiger partial charge in [0.2, 0.25) is 0 Å². The van der Waals surface area contributed by atoms with E-state index in [0.717, 1.165) is 0 Å². The van der Waals surface area contributed by atoms with Crippen molar-refractivity contribution in [2.75, 3.05) is 12.4 Å². The quantitative estimate of drug-likeness (QED) is 0.425. The molecule has 0 fully saturated rings. The van der Waals surface area contributed by atoms with Crippen LogP contribution in [0.15, 0.2) is 0 Å². The van der Waals surface area contributed by atoms with Gasteiger partial charge in [-0.2, -0.15) is 8.42 Å². The maximum Gasteiger partial charge on any atom is 4.00 e. The minimum atomic E-state index is -3.92. The second kappa shape index (κ2) is 9.50. The Bertz CT molecular complexity index is 129. The van der Waals surface area contributed by atoms with Gasteiger partial charge in [0.1, 0.15) is 0 Å². The third kappa shape index (κ3) is 23.6. The van der Waals surface area contributed by atoms with E-state index in [2.05, 4.69) is 0 Å². The summed E-state index contributed by atoms with van der Waals surface area (Å²) >= 11 is 0. The van der Waals surface area contributed by atoms with Crippen LogP contribution in [0.2, 0.25) is 0 Å². The summed E-state index contributed by atoms with van der Waals surface area (Å²) < 4.78 is 27.1. The average Bonchev–Trinajstić information content (AvgIpc) is 1.30. The van der Waals surface area contributed by atoms with Crippen molar-refractivity contribution in [2.45, 2.75) is 0 Å². The Labute approximate surface area is 73.5 Å². The van der Waals surface area contributed by atoms with Crippen molar-refractivity contribution in [3.8, 4) is 0 Å². The molecular weight excluding hydrogens is 200 g/mol. The van der Waals surface area contributed by atoms with E-state index in [0.29, 0.717) is 0 Å². The van der Waals surface area contributed by atoms with Gasteiger partial charge in [-0.25, -0.2) is 0 Å².